The minimum Gasteiger partial charge on any atom is -0.330 e. The maximum atomic E-state index is 12.1. The summed E-state index contributed by atoms with van der Waals surface area (Å²) in [5, 5.41) is 7.75. The highest BCUT2D eigenvalue weighted by Gasteiger charge is 2.15. The Morgan fingerprint density at radius 1 is 1.44 bits per heavy atom. The summed E-state index contributed by atoms with van der Waals surface area (Å²) in [6, 6.07) is 0. The summed E-state index contributed by atoms with van der Waals surface area (Å²) in [6.07, 6.45) is 6.07. The number of carbonyl (C=O) groups is 1. The topological polar surface area (TPSA) is 73.8 Å². The molecule has 0 saturated carbocycles. The maximum absolute atomic E-state index is 12.1. The molecule has 1 aromatic rings. The lowest BCUT2D eigenvalue weighted by atomic mass is 9.95. The van der Waals surface area contributed by atoms with E-state index >= 15 is 0 Å². The molecule has 1 aromatic heterocycles. The second kappa shape index (κ2) is 7.97. The third kappa shape index (κ3) is 4.22. The van der Waals surface area contributed by atoms with Crippen LogP contribution in [0.3, 0.4) is 0 Å². The van der Waals surface area contributed by atoms with E-state index in [0.717, 1.165) is 32.2 Å². The Balaban J connectivity index is 2.51. The van der Waals surface area contributed by atoms with Crippen LogP contribution in [0, 0.1) is 5.92 Å². The highest BCUT2D eigenvalue weighted by molar-refractivity contribution is 5.94. The van der Waals surface area contributed by atoms with Crippen LogP contribution in [0.25, 0.3) is 0 Å². The van der Waals surface area contributed by atoms with Crippen molar-refractivity contribution in [3.8, 4) is 0 Å². The van der Waals surface area contributed by atoms with Crippen LogP contribution in [0.5, 0.6) is 0 Å². The van der Waals surface area contributed by atoms with E-state index in [9.17, 15) is 4.79 Å². The second-order valence-electron chi connectivity index (χ2n) is 4.66. The van der Waals surface area contributed by atoms with Gasteiger partial charge in [0.2, 0.25) is 0 Å². The van der Waals surface area contributed by atoms with Gasteiger partial charge in [-0.15, -0.1) is 5.10 Å². The quantitative estimate of drug-likeness (QED) is 0.682. The largest absolute Gasteiger partial charge is 0.330 e. The molecular weight excluding hydrogens is 228 g/mol. The Bertz CT molecular complexity index is 362. The molecule has 18 heavy (non-hydrogen) atoms. The number of nitrogens with zero attached hydrogens (tertiary/aromatic N) is 3. The second-order valence-corrected chi connectivity index (χ2v) is 4.66. The number of nitrogens with two attached hydrogens (primary N) is 1. The first-order valence-electron chi connectivity index (χ1n) is 6.84. The number of aromatic nitrogens is 3. The zero-order valence-corrected chi connectivity index (χ0v) is 11.4. The van der Waals surface area contributed by atoms with E-state index in [1.165, 1.54) is 0 Å². The number of ketones is 1. The molecule has 0 aromatic carbocycles. The van der Waals surface area contributed by atoms with E-state index in [-0.39, 0.29) is 5.78 Å². The average Bonchev–Trinajstić information content (AvgIpc) is 2.83. The molecule has 2 N–H and O–H groups in total. The lowest BCUT2D eigenvalue weighted by Crippen LogP contribution is -2.13. The molecule has 1 atom stereocenters. The summed E-state index contributed by atoms with van der Waals surface area (Å²) < 4.78 is 1.70. The molecule has 1 unspecified atom stereocenters. The van der Waals surface area contributed by atoms with Crippen molar-refractivity contribution >= 4 is 5.78 Å². The predicted octanol–water partition coefficient (Wildman–Crippen LogP) is 2.03. The normalized spacial score (nSPS) is 12.6. The standard InChI is InChI=1S/C13H24N4O/c1-3-9-17-12(10-15-16-17)13(18)6-5-11(4-2)7-8-14/h10-11H,3-9,14H2,1-2H3. The zero-order chi connectivity index (χ0) is 13.4. The number of aryl methyl sites for hydroxylation is 1. The van der Waals surface area contributed by atoms with Gasteiger partial charge in [0.25, 0.3) is 0 Å². The summed E-state index contributed by atoms with van der Waals surface area (Å²) in [6.45, 7) is 5.65. The van der Waals surface area contributed by atoms with Crippen molar-refractivity contribution in [1.82, 2.24) is 15.0 Å². The van der Waals surface area contributed by atoms with Crippen molar-refractivity contribution in [2.24, 2.45) is 11.7 Å². The number of carbonyl (C=O) groups excluding carboxylic acids is 1. The number of hydrogen-bond donors (Lipinski definition) is 1. The smallest absolute Gasteiger partial charge is 0.182 e. The van der Waals surface area contributed by atoms with Crippen molar-refractivity contribution in [2.45, 2.75) is 52.5 Å². The van der Waals surface area contributed by atoms with Gasteiger partial charge in [0.1, 0.15) is 5.69 Å². The molecule has 1 rings (SSSR count). The van der Waals surface area contributed by atoms with E-state index in [0.29, 0.717) is 24.6 Å². The maximum Gasteiger partial charge on any atom is 0.182 e. The Morgan fingerprint density at radius 2 is 2.22 bits per heavy atom. The first kappa shape index (κ1) is 14.8. The first-order chi connectivity index (χ1) is 8.72. The first-order valence-corrected chi connectivity index (χ1v) is 6.84. The van der Waals surface area contributed by atoms with Crippen LogP contribution in [-0.4, -0.2) is 27.3 Å². The Hall–Kier alpha value is -1.23. The van der Waals surface area contributed by atoms with Gasteiger partial charge in [-0.05, 0) is 31.7 Å². The molecule has 1 heterocycles. The van der Waals surface area contributed by atoms with Gasteiger partial charge in [0.15, 0.2) is 5.78 Å². The van der Waals surface area contributed by atoms with Crippen molar-refractivity contribution in [2.75, 3.05) is 6.54 Å². The minimum absolute atomic E-state index is 0.143. The highest BCUT2D eigenvalue weighted by atomic mass is 16.1. The minimum atomic E-state index is 0.143. The summed E-state index contributed by atoms with van der Waals surface area (Å²) in [4.78, 5) is 12.1. The molecule has 5 heteroatoms. The third-order valence-electron chi connectivity index (χ3n) is 3.27. The van der Waals surface area contributed by atoms with Crippen LogP contribution in [0.15, 0.2) is 6.20 Å². The summed E-state index contributed by atoms with van der Waals surface area (Å²) in [7, 11) is 0. The summed E-state index contributed by atoms with van der Waals surface area (Å²) >= 11 is 0. The van der Waals surface area contributed by atoms with Gasteiger partial charge in [-0.1, -0.05) is 25.5 Å². The van der Waals surface area contributed by atoms with Crippen molar-refractivity contribution in [3.05, 3.63) is 11.9 Å². The number of Topliss-reactive ketones (excluding diaryl/α,β-unsaturated/α-hetero) is 1. The fourth-order valence-electron chi connectivity index (χ4n) is 2.10. The monoisotopic (exact) mass is 252 g/mol. The molecule has 0 aliphatic rings. The van der Waals surface area contributed by atoms with Crippen LogP contribution in [0.2, 0.25) is 0 Å². The molecule has 0 aliphatic carbocycles. The van der Waals surface area contributed by atoms with E-state index in [1.54, 1.807) is 10.9 Å². The molecule has 0 fully saturated rings. The van der Waals surface area contributed by atoms with Gasteiger partial charge in [-0.2, -0.15) is 0 Å². The lowest BCUT2D eigenvalue weighted by molar-refractivity contribution is 0.0962. The summed E-state index contributed by atoms with van der Waals surface area (Å²) in [5.74, 6) is 0.693. The Morgan fingerprint density at radius 3 is 2.83 bits per heavy atom. The van der Waals surface area contributed by atoms with E-state index in [2.05, 4.69) is 24.2 Å². The van der Waals surface area contributed by atoms with E-state index in [4.69, 9.17) is 5.73 Å². The molecule has 0 aliphatic heterocycles. The molecule has 0 radical (unpaired) electrons. The predicted molar refractivity (Wildman–Crippen MR) is 71.3 cm³/mol. The van der Waals surface area contributed by atoms with Crippen LogP contribution < -0.4 is 5.73 Å². The van der Waals surface area contributed by atoms with Crippen molar-refractivity contribution in [1.29, 1.82) is 0 Å². The van der Waals surface area contributed by atoms with Crippen LogP contribution in [0.4, 0.5) is 0 Å². The van der Waals surface area contributed by atoms with E-state index < -0.39 is 0 Å². The van der Waals surface area contributed by atoms with Gasteiger partial charge in [0.05, 0.1) is 6.20 Å². The Labute approximate surface area is 109 Å². The molecular formula is C13H24N4O. The fraction of sp³-hybridized carbons (Fsp3) is 0.769. The molecule has 0 spiro atoms. The van der Waals surface area contributed by atoms with Gasteiger partial charge >= 0.3 is 0 Å². The van der Waals surface area contributed by atoms with Crippen molar-refractivity contribution in [3.63, 3.8) is 0 Å². The molecule has 0 saturated heterocycles. The number of rotatable bonds is 9. The highest BCUT2D eigenvalue weighted by Crippen LogP contribution is 2.16. The van der Waals surface area contributed by atoms with Crippen LogP contribution in [0.1, 0.15) is 56.4 Å². The van der Waals surface area contributed by atoms with Gasteiger partial charge in [0, 0.05) is 13.0 Å². The average molecular weight is 252 g/mol. The van der Waals surface area contributed by atoms with Gasteiger partial charge in [-0.25, -0.2) is 4.68 Å². The van der Waals surface area contributed by atoms with Gasteiger partial charge < -0.3 is 5.73 Å². The van der Waals surface area contributed by atoms with Crippen LogP contribution >= 0.6 is 0 Å². The van der Waals surface area contributed by atoms with Crippen LogP contribution in [-0.2, 0) is 6.54 Å². The molecule has 5 nitrogen and oxygen atoms in total. The third-order valence-corrected chi connectivity index (χ3v) is 3.27. The number of hydrogen-bond acceptors (Lipinski definition) is 4. The lowest BCUT2D eigenvalue weighted by Gasteiger charge is -2.12. The molecule has 0 amide bonds. The molecule has 102 valence electrons. The fourth-order valence-corrected chi connectivity index (χ4v) is 2.10. The van der Waals surface area contributed by atoms with Crippen molar-refractivity contribution < 1.29 is 4.79 Å². The summed E-state index contributed by atoms with van der Waals surface area (Å²) in [5.41, 5.74) is 6.20. The SMILES string of the molecule is CCCn1nncc1C(=O)CCC(CC)CCN. The Kier molecular flexibility index (Phi) is 6.57. The van der Waals surface area contributed by atoms with Gasteiger partial charge in [-0.3, -0.25) is 4.79 Å². The zero-order valence-electron chi connectivity index (χ0n) is 11.4. The van der Waals surface area contributed by atoms with E-state index in [1.807, 2.05) is 0 Å². The molecule has 0 bridgehead atoms.